The first kappa shape index (κ1) is 10.5. The van der Waals surface area contributed by atoms with Gasteiger partial charge < -0.3 is 9.72 Å². The maximum Gasteiger partial charge on any atom is 0.207 e. The second-order valence-corrected chi connectivity index (χ2v) is 3.53. The third kappa shape index (κ3) is 1.98. The average Bonchev–Trinajstić information content (AvgIpc) is 2.68. The number of methoxy groups -OCH3 is 1. The predicted molar refractivity (Wildman–Crippen MR) is 60.4 cm³/mol. The largest absolute Gasteiger partial charge is 0.497 e. The lowest BCUT2D eigenvalue weighted by Crippen LogP contribution is -2.03. The van der Waals surface area contributed by atoms with Crippen LogP contribution in [0.5, 0.6) is 5.75 Å². The average molecular weight is 220 g/mol. The zero-order valence-corrected chi connectivity index (χ0v) is 8.90. The van der Waals surface area contributed by atoms with Gasteiger partial charge in [0.2, 0.25) is 6.54 Å². The highest BCUT2D eigenvalue weighted by atomic mass is 16.6. The Kier molecular flexibility index (Phi) is 2.76. The quantitative estimate of drug-likeness (QED) is 0.632. The molecule has 0 unspecified atom stereocenters. The van der Waals surface area contributed by atoms with E-state index >= 15 is 0 Å². The van der Waals surface area contributed by atoms with Gasteiger partial charge in [0.05, 0.1) is 7.11 Å². The number of benzene rings is 1. The molecule has 5 nitrogen and oxygen atoms in total. The minimum atomic E-state index is -0.303. The molecule has 0 aliphatic carbocycles. The molecule has 1 heterocycles. The number of hydrogen-bond donors (Lipinski definition) is 1. The molecule has 16 heavy (non-hydrogen) atoms. The first-order chi connectivity index (χ1) is 7.70. The van der Waals surface area contributed by atoms with Gasteiger partial charge in [0.1, 0.15) is 5.75 Å². The van der Waals surface area contributed by atoms with E-state index in [0.717, 1.165) is 22.2 Å². The number of aromatic amines is 1. The van der Waals surface area contributed by atoms with Crippen molar-refractivity contribution in [1.82, 2.24) is 4.98 Å². The van der Waals surface area contributed by atoms with Crippen molar-refractivity contribution in [2.45, 2.75) is 6.42 Å². The lowest BCUT2D eigenvalue weighted by molar-refractivity contribution is -0.479. The first-order valence-corrected chi connectivity index (χ1v) is 4.96. The monoisotopic (exact) mass is 220 g/mol. The van der Waals surface area contributed by atoms with Crippen LogP contribution in [0, 0.1) is 10.1 Å². The molecule has 0 aliphatic rings. The summed E-state index contributed by atoms with van der Waals surface area (Å²) in [7, 11) is 1.61. The van der Waals surface area contributed by atoms with Crippen molar-refractivity contribution in [1.29, 1.82) is 0 Å². The normalized spacial score (nSPS) is 10.6. The number of nitrogens with zero attached hydrogens (tertiary/aromatic N) is 1. The maximum absolute atomic E-state index is 10.3. The minimum absolute atomic E-state index is 0.0427. The summed E-state index contributed by atoms with van der Waals surface area (Å²) in [4.78, 5) is 13.1. The number of nitro groups is 1. The lowest BCUT2D eigenvalue weighted by Gasteiger charge is -1.99. The van der Waals surface area contributed by atoms with Gasteiger partial charge in [0, 0.05) is 34.5 Å². The van der Waals surface area contributed by atoms with E-state index in [4.69, 9.17) is 4.74 Å². The van der Waals surface area contributed by atoms with Crippen molar-refractivity contribution in [2.24, 2.45) is 0 Å². The Labute approximate surface area is 92.2 Å². The van der Waals surface area contributed by atoms with Crippen molar-refractivity contribution in [3.63, 3.8) is 0 Å². The highest BCUT2D eigenvalue weighted by Gasteiger charge is 2.07. The van der Waals surface area contributed by atoms with E-state index in [2.05, 4.69) is 4.98 Å². The summed E-state index contributed by atoms with van der Waals surface area (Å²) >= 11 is 0. The molecule has 0 fully saturated rings. The Hall–Kier alpha value is -2.04. The fourth-order valence-electron chi connectivity index (χ4n) is 1.71. The van der Waals surface area contributed by atoms with Gasteiger partial charge >= 0.3 is 0 Å². The lowest BCUT2D eigenvalue weighted by atomic mass is 10.1. The van der Waals surface area contributed by atoms with Gasteiger partial charge in [-0.1, -0.05) is 0 Å². The van der Waals surface area contributed by atoms with Crippen LogP contribution in [0.2, 0.25) is 0 Å². The molecule has 5 heteroatoms. The number of rotatable bonds is 4. The minimum Gasteiger partial charge on any atom is -0.497 e. The molecule has 1 aromatic carbocycles. The molecular weight excluding hydrogens is 208 g/mol. The fraction of sp³-hybridized carbons (Fsp3) is 0.273. The number of aromatic nitrogens is 1. The van der Waals surface area contributed by atoms with Gasteiger partial charge in [-0.05, 0) is 17.7 Å². The van der Waals surface area contributed by atoms with Crippen LogP contribution in [0.1, 0.15) is 5.56 Å². The van der Waals surface area contributed by atoms with E-state index < -0.39 is 0 Å². The van der Waals surface area contributed by atoms with Crippen molar-refractivity contribution >= 4 is 10.9 Å². The smallest absolute Gasteiger partial charge is 0.207 e. The molecule has 2 rings (SSSR count). The number of hydrogen-bond acceptors (Lipinski definition) is 3. The summed E-state index contributed by atoms with van der Waals surface area (Å²) in [5.41, 5.74) is 1.91. The molecule has 0 aliphatic heterocycles. The highest BCUT2D eigenvalue weighted by molar-refractivity contribution is 5.84. The summed E-state index contributed by atoms with van der Waals surface area (Å²) in [6.07, 6.45) is 2.26. The predicted octanol–water partition coefficient (Wildman–Crippen LogP) is 2.00. The molecule has 0 saturated heterocycles. The summed E-state index contributed by atoms with van der Waals surface area (Å²) in [6, 6.07) is 5.65. The Balaban J connectivity index is 2.30. The molecule has 1 N–H and O–H groups in total. The van der Waals surface area contributed by atoms with E-state index in [1.165, 1.54) is 0 Å². The zero-order chi connectivity index (χ0) is 11.5. The van der Waals surface area contributed by atoms with E-state index in [1.54, 1.807) is 7.11 Å². The van der Waals surface area contributed by atoms with Gasteiger partial charge in [0.25, 0.3) is 0 Å². The van der Waals surface area contributed by atoms with Gasteiger partial charge in [-0.3, -0.25) is 10.1 Å². The second kappa shape index (κ2) is 4.22. The second-order valence-electron chi connectivity index (χ2n) is 3.53. The summed E-state index contributed by atoms with van der Waals surface area (Å²) in [5.74, 6) is 0.773. The topological polar surface area (TPSA) is 68.2 Å². The maximum atomic E-state index is 10.3. The molecule has 0 radical (unpaired) electrons. The van der Waals surface area contributed by atoms with E-state index in [9.17, 15) is 10.1 Å². The third-order valence-electron chi connectivity index (χ3n) is 2.54. The number of ether oxygens (including phenoxy) is 1. The Morgan fingerprint density at radius 2 is 2.31 bits per heavy atom. The van der Waals surface area contributed by atoms with Crippen LogP contribution in [0.3, 0.4) is 0 Å². The molecule has 0 bridgehead atoms. The third-order valence-corrected chi connectivity index (χ3v) is 2.54. The van der Waals surface area contributed by atoms with Crippen LogP contribution in [-0.4, -0.2) is 23.6 Å². The zero-order valence-electron chi connectivity index (χ0n) is 8.90. The summed E-state index contributed by atoms with van der Waals surface area (Å²) < 4.78 is 5.10. The standard InChI is InChI=1S/C11H12N2O3/c1-16-9-2-3-10-8(4-5-13(14)15)7-12-11(10)6-9/h2-3,6-7,12H,4-5H2,1H3. The van der Waals surface area contributed by atoms with Gasteiger partial charge in [-0.15, -0.1) is 0 Å². The fourth-order valence-corrected chi connectivity index (χ4v) is 1.71. The molecule has 0 atom stereocenters. The van der Waals surface area contributed by atoms with Crippen LogP contribution in [0.15, 0.2) is 24.4 Å². The molecule has 0 amide bonds. The summed E-state index contributed by atoms with van der Waals surface area (Å²) in [5, 5.41) is 11.3. The molecule has 84 valence electrons. The number of nitrogens with one attached hydrogen (secondary N) is 1. The molecule has 2 aromatic rings. The van der Waals surface area contributed by atoms with Gasteiger partial charge in [-0.25, -0.2) is 0 Å². The van der Waals surface area contributed by atoms with Crippen LogP contribution in [0.25, 0.3) is 10.9 Å². The summed E-state index contributed by atoms with van der Waals surface area (Å²) in [6.45, 7) is -0.0427. The van der Waals surface area contributed by atoms with Crippen molar-refractivity contribution in [2.75, 3.05) is 13.7 Å². The van der Waals surface area contributed by atoms with E-state index in [1.807, 2.05) is 24.4 Å². The van der Waals surface area contributed by atoms with E-state index in [-0.39, 0.29) is 11.5 Å². The first-order valence-electron chi connectivity index (χ1n) is 4.96. The molecule has 0 spiro atoms. The van der Waals surface area contributed by atoms with Crippen LogP contribution < -0.4 is 4.74 Å². The van der Waals surface area contributed by atoms with Gasteiger partial charge in [0.15, 0.2) is 0 Å². The molecule has 0 saturated carbocycles. The van der Waals surface area contributed by atoms with E-state index in [0.29, 0.717) is 6.42 Å². The SMILES string of the molecule is COc1ccc2c(CC[N+](=O)[O-])c[nH]c2c1. The van der Waals surface area contributed by atoms with Crippen molar-refractivity contribution in [3.8, 4) is 5.75 Å². The Morgan fingerprint density at radius 3 is 3.00 bits per heavy atom. The highest BCUT2D eigenvalue weighted by Crippen LogP contribution is 2.23. The number of H-pyrrole nitrogens is 1. The van der Waals surface area contributed by atoms with Gasteiger partial charge in [-0.2, -0.15) is 0 Å². The Morgan fingerprint density at radius 1 is 1.50 bits per heavy atom. The van der Waals surface area contributed by atoms with Crippen molar-refractivity contribution in [3.05, 3.63) is 40.1 Å². The van der Waals surface area contributed by atoms with Crippen LogP contribution in [0.4, 0.5) is 0 Å². The van der Waals surface area contributed by atoms with Crippen molar-refractivity contribution < 1.29 is 9.66 Å². The molecule has 1 aromatic heterocycles. The number of fused-ring (bicyclic) bond motifs is 1. The van der Waals surface area contributed by atoms with Crippen LogP contribution >= 0.6 is 0 Å². The van der Waals surface area contributed by atoms with Crippen LogP contribution in [-0.2, 0) is 6.42 Å². The Bertz CT molecular complexity index is 519. The molecular formula is C11H12N2O3.